The third kappa shape index (κ3) is 4.01. The third-order valence-electron chi connectivity index (χ3n) is 2.06. The van der Waals surface area contributed by atoms with Crippen LogP contribution in [0, 0.1) is 0 Å². The molecular weight excluding hydrogens is 246 g/mol. The zero-order valence-corrected chi connectivity index (χ0v) is 9.75. The molecule has 5 nitrogen and oxygen atoms in total. The molecule has 0 aromatic heterocycles. The van der Waals surface area contributed by atoms with E-state index >= 15 is 0 Å². The van der Waals surface area contributed by atoms with E-state index in [0.717, 1.165) is 10.8 Å². The first kappa shape index (κ1) is 20.7. The van der Waals surface area contributed by atoms with Crippen molar-refractivity contribution in [2.75, 3.05) is 0 Å². The van der Waals surface area contributed by atoms with Crippen LogP contribution in [0.4, 0.5) is 0 Å². The number of hydrogen-bond acceptors (Lipinski definition) is 1. The number of carbonyl (C=O) groups is 1. The van der Waals surface area contributed by atoms with Crippen molar-refractivity contribution in [1.29, 1.82) is 0 Å². The van der Waals surface area contributed by atoms with Crippen LogP contribution in [0.15, 0.2) is 42.5 Å². The van der Waals surface area contributed by atoms with Gasteiger partial charge < -0.3 is 22.2 Å². The highest BCUT2D eigenvalue weighted by Crippen LogP contribution is 2.17. The van der Waals surface area contributed by atoms with Gasteiger partial charge >= 0.3 is 0 Å². The molecule has 0 saturated carbocycles. The van der Waals surface area contributed by atoms with E-state index in [1.54, 1.807) is 6.07 Å². The number of halogens is 1. The molecule has 0 unspecified atom stereocenters. The maximum absolute atomic E-state index is 11.0. The number of carbonyl (C=O) groups excluding carboxylic acids is 1. The summed E-state index contributed by atoms with van der Waals surface area (Å²) in [4.78, 5) is 11.0. The first-order valence-corrected chi connectivity index (χ1v) is 4.06. The maximum atomic E-state index is 11.0. The zero-order chi connectivity index (χ0) is 9.26. The van der Waals surface area contributed by atoms with Crippen LogP contribution in [0.1, 0.15) is 10.4 Å². The number of primary amides is 1. The van der Waals surface area contributed by atoms with Crippen molar-refractivity contribution in [3.8, 4) is 0 Å². The van der Waals surface area contributed by atoms with Crippen LogP contribution >= 0.6 is 12.4 Å². The number of rotatable bonds is 1. The highest BCUT2D eigenvalue weighted by atomic mass is 35.5. The molecule has 0 saturated heterocycles. The Morgan fingerprint density at radius 1 is 0.882 bits per heavy atom. The molecule has 17 heavy (non-hydrogen) atoms. The van der Waals surface area contributed by atoms with Gasteiger partial charge in [-0.05, 0) is 16.8 Å². The molecule has 0 aliphatic heterocycles. The predicted molar refractivity (Wildman–Crippen MR) is 70.6 cm³/mol. The molecule has 2 aromatic carbocycles. The lowest BCUT2D eigenvalue weighted by Gasteiger charge is -2.01. The van der Waals surface area contributed by atoms with Crippen LogP contribution in [-0.2, 0) is 0 Å². The molecule has 6 heteroatoms. The van der Waals surface area contributed by atoms with Crippen LogP contribution in [0.2, 0.25) is 0 Å². The fourth-order valence-corrected chi connectivity index (χ4v) is 1.44. The summed E-state index contributed by atoms with van der Waals surface area (Å²) in [5, 5.41) is 1.95. The van der Waals surface area contributed by atoms with Crippen LogP contribution in [0.25, 0.3) is 10.8 Å². The SMILES string of the molecule is Cl.NC(=O)c1cccc2ccccc12.O.O.O. The van der Waals surface area contributed by atoms with Crippen molar-refractivity contribution in [2.24, 2.45) is 5.73 Å². The van der Waals surface area contributed by atoms with Crippen LogP contribution < -0.4 is 5.73 Å². The van der Waals surface area contributed by atoms with E-state index < -0.39 is 0 Å². The van der Waals surface area contributed by atoms with Crippen molar-refractivity contribution >= 4 is 29.1 Å². The van der Waals surface area contributed by atoms with Gasteiger partial charge in [-0.2, -0.15) is 0 Å². The Morgan fingerprint density at radius 3 is 2.00 bits per heavy atom. The van der Waals surface area contributed by atoms with Crippen molar-refractivity contribution in [1.82, 2.24) is 0 Å². The van der Waals surface area contributed by atoms with Crippen molar-refractivity contribution < 1.29 is 21.2 Å². The van der Waals surface area contributed by atoms with Gasteiger partial charge in [-0.1, -0.05) is 36.4 Å². The number of amides is 1. The number of nitrogens with two attached hydrogens (primary N) is 1. The molecule has 0 aliphatic rings. The average molecular weight is 262 g/mol. The third-order valence-corrected chi connectivity index (χ3v) is 2.06. The van der Waals surface area contributed by atoms with Gasteiger partial charge in [-0.25, -0.2) is 0 Å². The van der Waals surface area contributed by atoms with E-state index in [-0.39, 0.29) is 34.7 Å². The summed E-state index contributed by atoms with van der Waals surface area (Å²) >= 11 is 0. The van der Waals surface area contributed by atoms with E-state index in [1.807, 2.05) is 36.4 Å². The first-order chi connectivity index (χ1) is 6.29. The molecule has 0 atom stereocenters. The topological polar surface area (TPSA) is 138 Å². The fraction of sp³-hybridized carbons (Fsp3) is 0. The summed E-state index contributed by atoms with van der Waals surface area (Å²) in [6.45, 7) is 0. The summed E-state index contributed by atoms with van der Waals surface area (Å²) in [7, 11) is 0. The molecule has 0 spiro atoms. The number of fused-ring (bicyclic) bond motifs is 1. The summed E-state index contributed by atoms with van der Waals surface area (Å²) in [6.07, 6.45) is 0. The normalized spacial score (nSPS) is 7.76. The smallest absolute Gasteiger partial charge is 0.249 e. The standard InChI is InChI=1S/C11H9NO.ClH.3H2O/c12-11(13)10-7-3-5-8-4-1-2-6-9(8)10;;;;/h1-7H,(H2,12,13);1H;3*1H2. The van der Waals surface area contributed by atoms with Gasteiger partial charge in [-0.15, -0.1) is 12.4 Å². The molecule has 2 rings (SSSR count). The molecule has 8 N–H and O–H groups in total. The second-order valence-corrected chi connectivity index (χ2v) is 2.89. The van der Waals surface area contributed by atoms with Gasteiger partial charge in [0.1, 0.15) is 0 Å². The van der Waals surface area contributed by atoms with Crippen molar-refractivity contribution in [3.63, 3.8) is 0 Å². The lowest BCUT2D eigenvalue weighted by molar-refractivity contribution is 0.100. The lowest BCUT2D eigenvalue weighted by Crippen LogP contribution is -2.11. The molecule has 1 amide bonds. The van der Waals surface area contributed by atoms with Gasteiger partial charge in [0.05, 0.1) is 0 Å². The van der Waals surface area contributed by atoms with Gasteiger partial charge in [0.25, 0.3) is 0 Å². The van der Waals surface area contributed by atoms with Crippen molar-refractivity contribution in [3.05, 3.63) is 48.0 Å². The minimum atomic E-state index is -0.378. The highest BCUT2D eigenvalue weighted by molar-refractivity contribution is 6.06. The molecule has 0 aliphatic carbocycles. The van der Waals surface area contributed by atoms with E-state index in [9.17, 15) is 4.79 Å². The quantitative estimate of drug-likeness (QED) is 0.752. The number of hydrogen-bond donors (Lipinski definition) is 1. The summed E-state index contributed by atoms with van der Waals surface area (Å²) in [5.41, 5.74) is 5.82. The molecule has 0 heterocycles. The van der Waals surface area contributed by atoms with Crippen LogP contribution in [-0.4, -0.2) is 22.3 Å². The van der Waals surface area contributed by atoms with E-state index in [2.05, 4.69) is 0 Å². The second kappa shape index (κ2) is 8.49. The minimum Gasteiger partial charge on any atom is -0.412 e. The van der Waals surface area contributed by atoms with E-state index in [4.69, 9.17) is 5.73 Å². The second-order valence-electron chi connectivity index (χ2n) is 2.89. The highest BCUT2D eigenvalue weighted by Gasteiger charge is 2.03. The van der Waals surface area contributed by atoms with Gasteiger partial charge in [-0.3, -0.25) is 4.79 Å². The fourth-order valence-electron chi connectivity index (χ4n) is 1.44. The first-order valence-electron chi connectivity index (χ1n) is 4.06. The van der Waals surface area contributed by atoms with E-state index in [0.29, 0.717) is 5.56 Å². The Labute approximate surface area is 105 Å². The van der Waals surface area contributed by atoms with Crippen LogP contribution in [0.5, 0.6) is 0 Å². The summed E-state index contributed by atoms with van der Waals surface area (Å²) < 4.78 is 0. The Morgan fingerprint density at radius 2 is 1.41 bits per heavy atom. The predicted octanol–water partition coefficient (Wildman–Crippen LogP) is -0.114. The molecule has 0 bridgehead atoms. The van der Waals surface area contributed by atoms with Gasteiger partial charge in [0, 0.05) is 5.56 Å². The average Bonchev–Trinajstić information content (AvgIpc) is 2.17. The lowest BCUT2D eigenvalue weighted by atomic mass is 10.0. The molecule has 2 aromatic rings. The number of benzene rings is 2. The van der Waals surface area contributed by atoms with Gasteiger partial charge in [0.2, 0.25) is 5.91 Å². The van der Waals surface area contributed by atoms with Gasteiger partial charge in [0.15, 0.2) is 0 Å². The summed E-state index contributed by atoms with van der Waals surface area (Å²) in [6, 6.07) is 13.2. The monoisotopic (exact) mass is 261 g/mol. The Hall–Kier alpha value is -1.66. The zero-order valence-electron chi connectivity index (χ0n) is 8.94. The van der Waals surface area contributed by atoms with Crippen molar-refractivity contribution in [2.45, 2.75) is 0 Å². The molecule has 96 valence electrons. The molecule has 0 radical (unpaired) electrons. The minimum absolute atomic E-state index is 0. The van der Waals surface area contributed by atoms with Crippen LogP contribution in [0.3, 0.4) is 0 Å². The maximum Gasteiger partial charge on any atom is 0.249 e. The Bertz CT molecular complexity index is 470. The Kier molecular flexibility index (Phi) is 10.3. The largest absolute Gasteiger partial charge is 0.412 e. The Balaban J connectivity index is -0.000000490. The van der Waals surface area contributed by atoms with E-state index in [1.165, 1.54) is 0 Å². The summed E-state index contributed by atoms with van der Waals surface area (Å²) in [5.74, 6) is -0.378. The molecule has 0 fully saturated rings. The molecular formula is C11H16ClNO4.